The molecule has 6 heteroatoms. The summed E-state index contributed by atoms with van der Waals surface area (Å²) in [6, 6.07) is 17.3. The lowest BCUT2D eigenvalue weighted by atomic mass is 9.83. The van der Waals surface area contributed by atoms with E-state index >= 15 is 0 Å². The van der Waals surface area contributed by atoms with E-state index in [1.165, 1.54) is 6.20 Å². The fraction of sp³-hybridized carbons (Fsp3) is 0.182. The van der Waals surface area contributed by atoms with E-state index in [-0.39, 0.29) is 5.92 Å². The standard InChI is InChI=1S/C22H20BrClN2O2/c1-14-11-19(24)7-8-20(14)21(16-3-5-18(23)6-4-16)13-22(25-27)17-9-10-26(28)15(2)12-17/h3-12,21,27H,13H2,1-2H3/t21-/m1/s1. The molecule has 0 fully saturated rings. The maximum Gasteiger partial charge on any atom is 0.190 e. The summed E-state index contributed by atoms with van der Waals surface area (Å²) in [5.74, 6) is -0.0313. The molecule has 1 aromatic heterocycles. The van der Waals surface area contributed by atoms with Crippen molar-refractivity contribution in [1.82, 2.24) is 0 Å². The third-order valence-corrected chi connectivity index (χ3v) is 5.60. The predicted molar refractivity (Wildman–Crippen MR) is 115 cm³/mol. The maximum absolute atomic E-state index is 11.7. The first-order valence-electron chi connectivity index (χ1n) is 8.81. The largest absolute Gasteiger partial charge is 0.619 e. The number of nitrogens with zero attached hydrogens (tertiary/aromatic N) is 2. The Morgan fingerprint density at radius 3 is 2.46 bits per heavy atom. The minimum atomic E-state index is -0.0313. The molecule has 3 aromatic rings. The van der Waals surface area contributed by atoms with Gasteiger partial charge in [0.1, 0.15) is 0 Å². The van der Waals surface area contributed by atoms with Crippen LogP contribution in [0.2, 0.25) is 5.02 Å². The number of halogens is 2. The van der Waals surface area contributed by atoms with Crippen molar-refractivity contribution in [1.29, 1.82) is 0 Å². The molecule has 4 nitrogen and oxygen atoms in total. The Labute approximate surface area is 177 Å². The molecule has 1 heterocycles. The average molecular weight is 460 g/mol. The normalized spacial score (nSPS) is 12.8. The Bertz CT molecular complexity index is 1020. The van der Waals surface area contributed by atoms with Crippen LogP contribution in [0.15, 0.2) is 70.4 Å². The number of pyridine rings is 1. The van der Waals surface area contributed by atoms with E-state index in [2.05, 4.69) is 33.2 Å². The number of benzene rings is 2. The first-order valence-corrected chi connectivity index (χ1v) is 9.98. The molecule has 0 spiro atoms. The Morgan fingerprint density at radius 2 is 1.86 bits per heavy atom. The predicted octanol–water partition coefficient (Wildman–Crippen LogP) is 5.75. The highest BCUT2D eigenvalue weighted by molar-refractivity contribution is 9.10. The lowest BCUT2D eigenvalue weighted by molar-refractivity contribution is -0.612. The van der Waals surface area contributed by atoms with Crippen molar-refractivity contribution in [2.75, 3.05) is 0 Å². The van der Waals surface area contributed by atoms with Gasteiger partial charge in [0, 0.05) is 46.5 Å². The highest BCUT2D eigenvalue weighted by Gasteiger charge is 2.21. The zero-order valence-corrected chi connectivity index (χ0v) is 17.9. The number of hydrogen-bond donors (Lipinski definition) is 1. The SMILES string of the molecule is Cc1cc(Cl)ccc1[C@H](CC(=NO)c1cc[n+]([O-])c(C)c1)c1ccc(Br)cc1. The van der Waals surface area contributed by atoms with Gasteiger partial charge in [-0.3, -0.25) is 0 Å². The molecule has 0 saturated carbocycles. The Balaban J connectivity index is 2.05. The smallest absolute Gasteiger partial charge is 0.190 e. The Morgan fingerprint density at radius 1 is 1.14 bits per heavy atom. The summed E-state index contributed by atoms with van der Waals surface area (Å²) < 4.78 is 1.78. The third kappa shape index (κ3) is 4.54. The zero-order valence-electron chi connectivity index (χ0n) is 15.6. The average Bonchev–Trinajstić information content (AvgIpc) is 2.67. The number of oxime groups is 1. The lowest BCUT2D eigenvalue weighted by Gasteiger charge is -2.21. The van der Waals surface area contributed by atoms with E-state index < -0.39 is 0 Å². The molecule has 28 heavy (non-hydrogen) atoms. The van der Waals surface area contributed by atoms with Crippen LogP contribution in [0, 0.1) is 19.1 Å². The monoisotopic (exact) mass is 458 g/mol. The Kier molecular flexibility index (Phi) is 6.37. The van der Waals surface area contributed by atoms with Gasteiger partial charge >= 0.3 is 0 Å². The van der Waals surface area contributed by atoms with Gasteiger partial charge in [-0.1, -0.05) is 50.9 Å². The van der Waals surface area contributed by atoms with Gasteiger partial charge < -0.3 is 10.4 Å². The summed E-state index contributed by atoms with van der Waals surface area (Å²) in [4.78, 5) is 0. The van der Waals surface area contributed by atoms with Gasteiger partial charge in [0.15, 0.2) is 11.9 Å². The molecule has 0 bridgehead atoms. The van der Waals surface area contributed by atoms with E-state index in [1.807, 2.05) is 37.3 Å². The van der Waals surface area contributed by atoms with Crippen molar-refractivity contribution >= 4 is 33.2 Å². The zero-order chi connectivity index (χ0) is 20.3. The molecule has 1 atom stereocenters. The highest BCUT2D eigenvalue weighted by Crippen LogP contribution is 2.33. The van der Waals surface area contributed by atoms with Gasteiger partial charge in [0.2, 0.25) is 0 Å². The molecule has 144 valence electrons. The number of hydrogen-bond acceptors (Lipinski definition) is 3. The van der Waals surface area contributed by atoms with E-state index in [9.17, 15) is 10.4 Å². The van der Waals surface area contributed by atoms with Gasteiger partial charge in [-0.2, -0.15) is 4.73 Å². The minimum Gasteiger partial charge on any atom is -0.619 e. The van der Waals surface area contributed by atoms with Gasteiger partial charge in [-0.15, -0.1) is 0 Å². The van der Waals surface area contributed by atoms with Gasteiger partial charge in [0.25, 0.3) is 0 Å². The molecule has 0 aliphatic heterocycles. The molecule has 0 aliphatic rings. The quantitative estimate of drug-likeness (QED) is 0.173. The van der Waals surface area contributed by atoms with Crippen LogP contribution in [-0.4, -0.2) is 10.9 Å². The van der Waals surface area contributed by atoms with E-state index in [0.717, 1.165) is 31.5 Å². The lowest BCUT2D eigenvalue weighted by Crippen LogP contribution is -2.29. The van der Waals surface area contributed by atoms with Crippen LogP contribution >= 0.6 is 27.5 Å². The minimum absolute atomic E-state index is 0.0313. The summed E-state index contributed by atoms with van der Waals surface area (Å²) in [6.07, 6.45) is 1.90. The van der Waals surface area contributed by atoms with Crippen LogP contribution in [0.3, 0.4) is 0 Å². The van der Waals surface area contributed by atoms with Crippen LogP contribution in [0.5, 0.6) is 0 Å². The van der Waals surface area contributed by atoms with Crippen LogP contribution in [0.25, 0.3) is 0 Å². The van der Waals surface area contributed by atoms with Gasteiger partial charge in [0.05, 0.1) is 5.71 Å². The molecule has 1 N–H and O–H groups in total. The third-order valence-electron chi connectivity index (χ3n) is 4.83. The van der Waals surface area contributed by atoms with Gasteiger partial charge in [-0.05, 0) is 47.9 Å². The Hall–Kier alpha value is -2.37. The van der Waals surface area contributed by atoms with Crippen molar-refractivity contribution in [2.24, 2.45) is 5.16 Å². The first-order chi connectivity index (χ1) is 13.4. The molecule has 0 radical (unpaired) electrons. The summed E-state index contributed by atoms with van der Waals surface area (Å²) in [5.41, 5.74) is 5.06. The van der Waals surface area contributed by atoms with Crippen LogP contribution in [0.1, 0.15) is 40.3 Å². The van der Waals surface area contributed by atoms with Crippen molar-refractivity contribution < 1.29 is 9.94 Å². The molecule has 2 aromatic carbocycles. The second-order valence-corrected chi connectivity index (χ2v) is 8.09. The second kappa shape index (κ2) is 8.76. The summed E-state index contributed by atoms with van der Waals surface area (Å²) in [7, 11) is 0. The first kappa shape index (κ1) is 20.4. The molecular weight excluding hydrogens is 440 g/mol. The van der Waals surface area contributed by atoms with E-state index in [4.69, 9.17) is 11.6 Å². The summed E-state index contributed by atoms with van der Waals surface area (Å²) in [5, 5.41) is 25.6. The topological polar surface area (TPSA) is 59.5 Å². The summed E-state index contributed by atoms with van der Waals surface area (Å²) >= 11 is 9.63. The molecule has 0 unspecified atom stereocenters. The second-order valence-electron chi connectivity index (χ2n) is 6.74. The van der Waals surface area contributed by atoms with Crippen molar-refractivity contribution in [3.05, 3.63) is 103 Å². The van der Waals surface area contributed by atoms with Crippen LogP contribution in [-0.2, 0) is 0 Å². The van der Waals surface area contributed by atoms with Crippen molar-refractivity contribution in [3.8, 4) is 0 Å². The van der Waals surface area contributed by atoms with E-state index in [0.29, 0.717) is 22.8 Å². The molecule has 0 amide bonds. The molecule has 3 rings (SSSR count). The maximum atomic E-state index is 11.7. The molecule has 0 aliphatic carbocycles. The fourth-order valence-corrected chi connectivity index (χ4v) is 3.82. The fourth-order valence-electron chi connectivity index (χ4n) is 3.32. The number of aryl methyl sites for hydroxylation is 2. The number of aromatic nitrogens is 1. The van der Waals surface area contributed by atoms with Crippen LogP contribution in [0.4, 0.5) is 0 Å². The summed E-state index contributed by atoms with van der Waals surface area (Å²) in [6.45, 7) is 3.75. The molecule has 0 saturated heterocycles. The van der Waals surface area contributed by atoms with Gasteiger partial charge in [-0.25, -0.2) is 0 Å². The van der Waals surface area contributed by atoms with E-state index in [1.54, 1.807) is 19.1 Å². The van der Waals surface area contributed by atoms with Crippen molar-refractivity contribution in [2.45, 2.75) is 26.2 Å². The molecular formula is C22H20BrClN2O2. The number of rotatable bonds is 5. The highest BCUT2D eigenvalue weighted by atomic mass is 79.9. The van der Waals surface area contributed by atoms with Crippen LogP contribution < -0.4 is 4.73 Å². The van der Waals surface area contributed by atoms with Crippen molar-refractivity contribution in [3.63, 3.8) is 0 Å².